The number of nitrogens with one attached hydrogen (secondary N) is 1. The first-order chi connectivity index (χ1) is 9.10. The van der Waals surface area contributed by atoms with Crippen molar-refractivity contribution in [2.24, 2.45) is 0 Å². The summed E-state index contributed by atoms with van der Waals surface area (Å²) in [6.07, 6.45) is 1.95. The van der Waals surface area contributed by atoms with E-state index in [1.165, 1.54) is 7.11 Å². The molecular weight excluding hydrogens is 262 g/mol. The number of nitrogens with zero attached hydrogens (tertiary/aromatic N) is 2. The van der Waals surface area contributed by atoms with Gasteiger partial charge in [-0.2, -0.15) is 0 Å². The van der Waals surface area contributed by atoms with Gasteiger partial charge >= 0.3 is 5.97 Å². The number of thioether (sulfide) groups is 1. The molecule has 0 atom stereocenters. The second-order valence-corrected chi connectivity index (χ2v) is 5.38. The molecule has 5 nitrogen and oxygen atoms in total. The highest BCUT2D eigenvalue weighted by Crippen LogP contribution is 2.31. The molecule has 0 bridgehead atoms. The number of carbonyl (C=O) groups is 1. The summed E-state index contributed by atoms with van der Waals surface area (Å²) >= 11 is 1.57. The molecule has 0 unspecified atom stereocenters. The second kappa shape index (κ2) is 7.99. The molecular formula is C13H21N3O2S. The third kappa shape index (κ3) is 4.70. The highest BCUT2D eigenvalue weighted by Gasteiger charge is 2.15. The fourth-order valence-corrected chi connectivity index (χ4v) is 2.73. The number of hydrogen-bond donors (Lipinski definition) is 1. The molecule has 0 amide bonds. The van der Waals surface area contributed by atoms with E-state index in [0.29, 0.717) is 18.1 Å². The maximum absolute atomic E-state index is 11.1. The molecule has 0 aliphatic carbocycles. The smallest absolute Gasteiger partial charge is 0.306 e. The Bertz CT molecular complexity index is 424. The van der Waals surface area contributed by atoms with E-state index in [1.807, 2.05) is 6.92 Å². The van der Waals surface area contributed by atoms with Gasteiger partial charge < -0.3 is 10.1 Å². The lowest BCUT2D eigenvalue weighted by Gasteiger charge is -2.15. The Labute approximate surface area is 118 Å². The van der Waals surface area contributed by atoms with Crippen molar-refractivity contribution in [2.75, 3.05) is 24.7 Å². The van der Waals surface area contributed by atoms with E-state index in [9.17, 15) is 4.79 Å². The van der Waals surface area contributed by atoms with Gasteiger partial charge in [0.2, 0.25) is 0 Å². The van der Waals surface area contributed by atoms with Gasteiger partial charge in [0.05, 0.1) is 13.5 Å². The first kappa shape index (κ1) is 15.8. The van der Waals surface area contributed by atoms with Crippen LogP contribution >= 0.6 is 11.8 Å². The Kier molecular flexibility index (Phi) is 6.62. The average molecular weight is 283 g/mol. The quantitative estimate of drug-likeness (QED) is 0.471. The number of esters is 1. The highest BCUT2D eigenvalue weighted by atomic mass is 32.2. The number of methoxy groups -OCH3 is 1. The van der Waals surface area contributed by atoms with E-state index in [0.717, 1.165) is 23.0 Å². The molecule has 1 N–H and O–H groups in total. The average Bonchev–Trinajstić information content (AvgIpc) is 2.38. The van der Waals surface area contributed by atoms with Crippen molar-refractivity contribution in [1.29, 1.82) is 0 Å². The van der Waals surface area contributed by atoms with Crippen LogP contribution in [0.25, 0.3) is 0 Å². The van der Waals surface area contributed by atoms with Gasteiger partial charge in [-0.05, 0) is 12.8 Å². The molecule has 0 spiro atoms. The van der Waals surface area contributed by atoms with Crippen molar-refractivity contribution in [3.63, 3.8) is 0 Å². The summed E-state index contributed by atoms with van der Waals surface area (Å²) in [7, 11) is 1.40. The van der Waals surface area contributed by atoms with E-state index < -0.39 is 0 Å². The Balaban J connectivity index is 2.81. The standard InChI is InChI=1S/C13H21N3O2S/c1-5-14-12-11(9(2)3)13(16-8-15-12)19-7-6-10(17)18-4/h8-9H,5-7H2,1-4H3,(H,14,15,16). The topological polar surface area (TPSA) is 64.1 Å². The Morgan fingerprint density at radius 1 is 1.47 bits per heavy atom. The van der Waals surface area contributed by atoms with E-state index in [1.54, 1.807) is 18.1 Å². The van der Waals surface area contributed by atoms with E-state index in [4.69, 9.17) is 0 Å². The zero-order valence-corrected chi connectivity index (χ0v) is 12.7. The number of hydrogen-bond acceptors (Lipinski definition) is 6. The van der Waals surface area contributed by atoms with Crippen LogP contribution < -0.4 is 5.32 Å². The van der Waals surface area contributed by atoms with Gasteiger partial charge in [-0.1, -0.05) is 13.8 Å². The van der Waals surface area contributed by atoms with Gasteiger partial charge in [-0.3, -0.25) is 4.79 Å². The second-order valence-electron chi connectivity index (χ2n) is 4.30. The van der Waals surface area contributed by atoms with E-state index in [2.05, 4.69) is 33.9 Å². The zero-order chi connectivity index (χ0) is 14.3. The summed E-state index contributed by atoms with van der Waals surface area (Å²) in [5.41, 5.74) is 1.11. The summed E-state index contributed by atoms with van der Waals surface area (Å²) in [5.74, 6) is 1.68. The summed E-state index contributed by atoms with van der Waals surface area (Å²) in [5, 5.41) is 4.19. The first-order valence-corrected chi connectivity index (χ1v) is 7.37. The number of ether oxygens (including phenoxy) is 1. The summed E-state index contributed by atoms with van der Waals surface area (Å²) in [6.45, 7) is 7.09. The van der Waals surface area contributed by atoms with Crippen molar-refractivity contribution in [3.05, 3.63) is 11.9 Å². The molecule has 0 aromatic carbocycles. The Hall–Kier alpha value is -1.30. The van der Waals surface area contributed by atoms with Gasteiger partial charge in [0.25, 0.3) is 0 Å². The number of anilines is 1. The molecule has 0 saturated heterocycles. The van der Waals surface area contributed by atoms with Crippen molar-refractivity contribution in [2.45, 2.75) is 38.1 Å². The van der Waals surface area contributed by atoms with Crippen LogP contribution in [0.1, 0.15) is 38.7 Å². The molecule has 0 fully saturated rings. The molecule has 0 aliphatic rings. The van der Waals surface area contributed by atoms with Gasteiger partial charge in [-0.15, -0.1) is 11.8 Å². The fourth-order valence-electron chi connectivity index (χ4n) is 1.66. The van der Waals surface area contributed by atoms with Gasteiger partial charge in [0.15, 0.2) is 0 Å². The SMILES string of the molecule is CCNc1ncnc(SCCC(=O)OC)c1C(C)C. The predicted molar refractivity (Wildman–Crippen MR) is 77.6 cm³/mol. The number of rotatable bonds is 7. The molecule has 0 saturated carbocycles. The summed E-state index contributed by atoms with van der Waals surface area (Å²) in [4.78, 5) is 19.7. The van der Waals surface area contributed by atoms with Crippen LogP contribution in [0.5, 0.6) is 0 Å². The molecule has 19 heavy (non-hydrogen) atoms. The monoisotopic (exact) mass is 283 g/mol. The highest BCUT2D eigenvalue weighted by molar-refractivity contribution is 7.99. The van der Waals surface area contributed by atoms with Gasteiger partial charge in [0, 0.05) is 17.9 Å². The third-order valence-corrected chi connectivity index (χ3v) is 3.55. The molecule has 1 heterocycles. The van der Waals surface area contributed by atoms with Crippen LogP contribution in [-0.2, 0) is 9.53 Å². The van der Waals surface area contributed by atoms with Crippen LogP contribution in [0.15, 0.2) is 11.4 Å². The fraction of sp³-hybridized carbons (Fsp3) is 0.615. The number of aromatic nitrogens is 2. The molecule has 1 aromatic heterocycles. The maximum atomic E-state index is 11.1. The summed E-state index contributed by atoms with van der Waals surface area (Å²) < 4.78 is 4.63. The molecule has 1 rings (SSSR count). The molecule has 0 aliphatic heterocycles. The van der Waals surface area contributed by atoms with Crippen LogP contribution in [0, 0.1) is 0 Å². The molecule has 106 valence electrons. The lowest BCUT2D eigenvalue weighted by atomic mass is 10.1. The maximum Gasteiger partial charge on any atom is 0.306 e. The van der Waals surface area contributed by atoms with E-state index >= 15 is 0 Å². The van der Waals surface area contributed by atoms with Crippen LogP contribution in [0.2, 0.25) is 0 Å². The van der Waals surface area contributed by atoms with Gasteiger partial charge in [-0.25, -0.2) is 9.97 Å². The van der Waals surface area contributed by atoms with Crippen LogP contribution in [0.4, 0.5) is 5.82 Å². The Morgan fingerprint density at radius 2 is 2.21 bits per heavy atom. The van der Waals surface area contributed by atoms with E-state index in [-0.39, 0.29) is 5.97 Å². The summed E-state index contributed by atoms with van der Waals surface area (Å²) in [6, 6.07) is 0. The predicted octanol–water partition coefficient (Wildman–Crippen LogP) is 2.69. The molecule has 0 radical (unpaired) electrons. The van der Waals surface area contributed by atoms with Gasteiger partial charge in [0.1, 0.15) is 17.2 Å². The number of carbonyl (C=O) groups excluding carboxylic acids is 1. The van der Waals surface area contributed by atoms with Crippen LogP contribution in [0.3, 0.4) is 0 Å². The minimum atomic E-state index is -0.195. The van der Waals surface area contributed by atoms with Crippen molar-refractivity contribution < 1.29 is 9.53 Å². The minimum Gasteiger partial charge on any atom is -0.469 e. The van der Waals surface area contributed by atoms with Crippen LogP contribution in [-0.4, -0.2) is 35.3 Å². The minimum absolute atomic E-state index is 0.195. The first-order valence-electron chi connectivity index (χ1n) is 6.38. The van der Waals surface area contributed by atoms with Crippen molar-refractivity contribution in [3.8, 4) is 0 Å². The lowest BCUT2D eigenvalue weighted by molar-refractivity contribution is -0.140. The Morgan fingerprint density at radius 3 is 2.79 bits per heavy atom. The zero-order valence-electron chi connectivity index (χ0n) is 11.9. The molecule has 1 aromatic rings. The van der Waals surface area contributed by atoms with Crippen molar-refractivity contribution in [1.82, 2.24) is 9.97 Å². The normalized spacial score (nSPS) is 10.6. The largest absolute Gasteiger partial charge is 0.469 e. The lowest BCUT2D eigenvalue weighted by Crippen LogP contribution is -2.08. The van der Waals surface area contributed by atoms with Crippen molar-refractivity contribution >= 4 is 23.5 Å². The molecule has 6 heteroatoms. The third-order valence-electron chi connectivity index (χ3n) is 2.54.